The summed E-state index contributed by atoms with van der Waals surface area (Å²) in [6.07, 6.45) is -4.47. The number of ether oxygens (including phenoxy) is 1. The van der Waals surface area contributed by atoms with E-state index in [1.54, 1.807) is 13.8 Å². The Labute approximate surface area is 116 Å². The fourth-order valence-electron chi connectivity index (χ4n) is 1.84. The Morgan fingerprint density at radius 1 is 1.30 bits per heavy atom. The largest absolute Gasteiger partial charge is 0.492 e. The normalized spacial score (nSPS) is 13.1. The van der Waals surface area contributed by atoms with Gasteiger partial charge in [-0.2, -0.15) is 13.2 Å². The van der Waals surface area contributed by atoms with Crippen molar-refractivity contribution in [2.75, 3.05) is 11.9 Å². The van der Waals surface area contributed by atoms with E-state index in [-0.39, 0.29) is 12.5 Å². The fourth-order valence-corrected chi connectivity index (χ4v) is 1.84. The maximum atomic E-state index is 13.1. The number of anilines is 1. The first-order valence-corrected chi connectivity index (χ1v) is 6.57. The molecule has 0 aliphatic heterocycles. The van der Waals surface area contributed by atoms with Gasteiger partial charge in [0.2, 0.25) is 0 Å². The number of halogens is 4. The van der Waals surface area contributed by atoms with Crippen LogP contribution in [0.1, 0.15) is 33.1 Å². The quantitative estimate of drug-likeness (QED) is 0.732. The van der Waals surface area contributed by atoms with Crippen LogP contribution in [0.3, 0.4) is 0 Å². The maximum absolute atomic E-state index is 13.1. The summed E-state index contributed by atoms with van der Waals surface area (Å²) >= 11 is 0. The Bertz CT molecular complexity index is 420. The first kappa shape index (κ1) is 16.6. The van der Waals surface area contributed by atoms with Gasteiger partial charge in [0.15, 0.2) is 0 Å². The zero-order valence-electron chi connectivity index (χ0n) is 11.6. The van der Waals surface area contributed by atoms with Gasteiger partial charge in [-0.3, -0.25) is 0 Å². The minimum Gasteiger partial charge on any atom is -0.492 e. The van der Waals surface area contributed by atoms with Crippen LogP contribution < -0.4 is 10.1 Å². The van der Waals surface area contributed by atoms with Crippen molar-refractivity contribution in [2.24, 2.45) is 0 Å². The molecule has 0 aliphatic carbocycles. The summed E-state index contributed by atoms with van der Waals surface area (Å²) in [6.45, 7) is 3.96. The van der Waals surface area contributed by atoms with Gasteiger partial charge in [-0.15, -0.1) is 0 Å². The van der Waals surface area contributed by atoms with Crippen LogP contribution in [0, 0.1) is 5.82 Å². The molecule has 6 heteroatoms. The van der Waals surface area contributed by atoms with Gasteiger partial charge in [0, 0.05) is 18.5 Å². The van der Waals surface area contributed by atoms with Crippen LogP contribution in [-0.2, 0) is 0 Å². The van der Waals surface area contributed by atoms with Crippen LogP contribution >= 0.6 is 0 Å². The zero-order valence-corrected chi connectivity index (χ0v) is 11.6. The molecule has 2 nitrogen and oxygen atoms in total. The highest BCUT2D eigenvalue weighted by Gasteiger charge is 2.26. The summed E-state index contributed by atoms with van der Waals surface area (Å²) in [4.78, 5) is 0. The van der Waals surface area contributed by atoms with Gasteiger partial charge in [-0.25, -0.2) is 4.39 Å². The van der Waals surface area contributed by atoms with E-state index in [2.05, 4.69) is 5.32 Å². The molecule has 0 saturated carbocycles. The molecule has 1 N–H and O–H groups in total. The van der Waals surface area contributed by atoms with E-state index < -0.39 is 18.4 Å². The lowest BCUT2D eigenvalue weighted by Gasteiger charge is -2.18. The lowest BCUT2D eigenvalue weighted by atomic mass is 10.1. The van der Waals surface area contributed by atoms with Crippen LogP contribution in [0.25, 0.3) is 0 Å². The highest BCUT2D eigenvalue weighted by atomic mass is 19.4. The van der Waals surface area contributed by atoms with Crippen molar-refractivity contribution >= 4 is 5.69 Å². The summed E-state index contributed by atoms with van der Waals surface area (Å²) in [5.41, 5.74) is 0.591. The molecule has 1 rings (SSSR count). The third-order valence-electron chi connectivity index (χ3n) is 2.74. The topological polar surface area (TPSA) is 21.3 Å². The number of alkyl halides is 3. The van der Waals surface area contributed by atoms with Crippen LogP contribution in [0.5, 0.6) is 5.75 Å². The average Bonchev–Trinajstić information content (AvgIpc) is 2.31. The molecule has 0 aromatic heterocycles. The van der Waals surface area contributed by atoms with Crippen molar-refractivity contribution in [3.8, 4) is 5.75 Å². The van der Waals surface area contributed by atoms with Crippen molar-refractivity contribution in [3.05, 3.63) is 24.0 Å². The van der Waals surface area contributed by atoms with Crippen LogP contribution in [0.4, 0.5) is 23.2 Å². The van der Waals surface area contributed by atoms with E-state index in [4.69, 9.17) is 4.74 Å². The Kier molecular flexibility index (Phi) is 6.10. The average molecular weight is 293 g/mol. The van der Waals surface area contributed by atoms with E-state index in [0.29, 0.717) is 24.5 Å². The third kappa shape index (κ3) is 6.12. The summed E-state index contributed by atoms with van der Waals surface area (Å²) in [5, 5.41) is 3.05. The van der Waals surface area contributed by atoms with Crippen molar-refractivity contribution in [1.29, 1.82) is 0 Å². The van der Waals surface area contributed by atoms with E-state index in [1.165, 1.54) is 18.2 Å². The highest BCUT2D eigenvalue weighted by Crippen LogP contribution is 2.27. The highest BCUT2D eigenvalue weighted by molar-refractivity contribution is 5.56. The lowest BCUT2D eigenvalue weighted by molar-refractivity contribution is -0.135. The fraction of sp³-hybridized carbons (Fsp3) is 0.571. The van der Waals surface area contributed by atoms with Gasteiger partial charge >= 0.3 is 6.18 Å². The molecule has 1 aromatic rings. The third-order valence-corrected chi connectivity index (χ3v) is 2.74. The van der Waals surface area contributed by atoms with Crippen molar-refractivity contribution in [1.82, 2.24) is 0 Å². The van der Waals surface area contributed by atoms with Crippen LogP contribution in [-0.4, -0.2) is 18.8 Å². The number of benzene rings is 1. The molecule has 1 aromatic carbocycles. The van der Waals surface area contributed by atoms with Crippen LogP contribution in [0.2, 0.25) is 0 Å². The molecule has 0 saturated heterocycles. The van der Waals surface area contributed by atoms with Gasteiger partial charge in [0.1, 0.15) is 11.6 Å². The second kappa shape index (κ2) is 7.36. The van der Waals surface area contributed by atoms with Gasteiger partial charge < -0.3 is 10.1 Å². The predicted molar refractivity (Wildman–Crippen MR) is 70.6 cm³/mol. The van der Waals surface area contributed by atoms with E-state index >= 15 is 0 Å². The molecule has 0 aliphatic rings. The van der Waals surface area contributed by atoms with Gasteiger partial charge in [-0.1, -0.05) is 0 Å². The predicted octanol–water partition coefficient (Wildman–Crippen LogP) is 4.76. The molecule has 0 radical (unpaired) electrons. The Hall–Kier alpha value is -1.46. The van der Waals surface area contributed by atoms with Crippen molar-refractivity contribution in [3.63, 3.8) is 0 Å². The summed E-state index contributed by atoms with van der Waals surface area (Å²) in [6, 6.07) is 3.92. The number of nitrogens with one attached hydrogen (secondary N) is 1. The Morgan fingerprint density at radius 3 is 2.60 bits per heavy atom. The zero-order chi connectivity index (χ0) is 15.2. The smallest absolute Gasteiger partial charge is 0.389 e. The van der Waals surface area contributed by atoms with Gasteiger partial charge in [0.25, 0.3) is 0 Å². The second-order valence-electron chi connectivity index (χ2n) is 4.63. The minimum atomic E-state index is -4.12. The molecule has 1 unspecified atom stereocenters. The van der Waals surface area contributed by atoms with Crippen molar-refractivity contribution < 1.29 is 22.3 Å². The number of rotatable bonds is 7. The Morgan fingerprint density at radius 2 is 2.00 bits per heavy atom. The molecule has 0 spiro atoms. The molecule has 1 atom stereocenters. The maximum Gasteiger partial charge on any atom is 0.389 e. The molecule has 0 fully saturated rings. The monoisotopic (exact) mass is 293 g/mol. The van der Waals surface area contributed by atoms with E-state index in [9.17, 15) is 17.6 Å². The van der Waals surface area contributed by atoms with Crippen LogP contribution in [0.15, 0.2) is 18.2 Å². The molecular weight excluding hydrogens is 274 g/mol. The van der Waals surface area contributed by atoms with E-state index in [1.807, 2.05) is 0 Å². The standard InChI is InChI=1S/C14H19F4NO/c1-3-20-13-9-11(15)6-7-12(13)19-10(2)5-4-8-14(16,17)18/h6-7,9-10,19H,3-5,8H2,1-2H3. The summed E-state index contributed by atoms with van der Waals surface area (Å²) < 4.78 is 54.6. The number of hydrogen-bond donors (Lipinski definition) is 1. The molecule has 0 heterocycles. The van der Waals surface area contributed by atoms with Gasteiger partial charge in [-0.05, 0) is 38.8 Å². The molecular formula is C14H19F4NO. The minimum absolute atomic E-state index is 0.0584. The molecule has 20 heavy (non-hydrogen) atoms. The molecule has 0 bridgehead atoms. The Balaban J connectivity index is 2.54. The lowest BCUT2D eigenvalue weighted by Crippen LogP contribution is -2.17. The first-order chi connectivity index (χ1) is 9.31. The second-order valence-corrected chi connectivity index (χ2v) is 4.63. The summed E-state index contributed by atoms with van der Waals surface area (Å²) in [5.74, 6) is -0.0427. The van der Waals surface area contributed by atoms with E-state index in [0.717, 1.165) is 0 Å². The van der Waals surface area contributed by atoms with Crippen molar-refractivity contribution in [2.45, 2.75) is 45.3 Å². The SMILES string of the molecule is CCOc1cc(F)ccc1NC(C)CCCC(F)(F)F. The van der Waals surface area contributed by atoms with Gasteiger partial charge in [0.05, 0.1) is 12.3 Å². The number of hydrogen-bond acceptors (Lipinski definition) is 2. The first-order valence-electron chi connectivity index (χ1n) is 6.57. The molecule has 0 amide bonds. The molecule has 114 valence electrons. The summed E-state index contributed by atoms with van der Waals surface area (Å²) in [7, 11) is 0.